The molecule has 0 aromatic carbocycles. The van der Waals surface area contributed by atoms with Gasteiger partial charge in [0.05, 0.1) is 6.61 Å². The third-order valence-electron chi connectivity index (χ3n) is 4.44. The second kappa shape index (κ2) is 6.17. The van der Waals surface area contributed by atoms with Crippen LogP contribution < -0.4 is 5.32 Å². The molecule has 1 saturated carbocycles. The monoisotopic (exact) mass is 240 g/mol. The molecule has 100 valence electrons. The van der Waals surface area contributed by atoms with Gasteiger partial charge in [0, 0.05) is 38.3 Å². The fourth-order valence-electron chi connectivity index (χ4n) is 3.10. The Morgan fingerprint density at radius 3 is 2.59 bits per heavy atom. The number of hydrogen-bond acceptors (Lipinski definition) is 3. The molecule has 2 fully saturated rings. The number of nitrogens with one attached hydrogen (secondary N) is 1. The van der Waals surface area contributed by atoms with Crippen molar-refractivity contribution < 1.29 is 4.74 Å². The summed E-state index contributed by atoms with van der Waals surface area (Å²) in [6.45, 7) is 7.87. The second-order valence-corrected chi connectivity index (χ2v) is 5.63. The maximum Gasteiger partial charge on any atom is 0.0620 e. The van der Waals surface area contributed by atoms with Crippen LogP contribution in [0.1, 0.15) is 39.5 Å². The number of hydrogen-bond donors (Lipinski definition) is 1. The summed E-state index contributed by atoms with van der Waals surface area (Å²) in [6.07, 6.45) is 5.30. The molecule has 0 bridgehead atoms. The van der Waals surface area contributed by atoms with E-state index in [2.05, 4.69) is 24.1 Å². The number of ether oxygens (including phenoxy) is 1. The van der Waals surface area contributed by atoms with Crippen molar-refractivity contribution in [2.24, 2.45) is 5.92 Å². The first-order valence-corrected chi connectivity index (χ1v) is 7.28. The van der Waals surface area contributed by atoms with Gasteiger partial charge in [0.15, 0.2) is 0 Å². The maximum atomic E-state index is 5.46. The minimum absolute atomic E-state index is 0.668. The highest BCUT2D eigenvalue weighted by Crippen LogP contribution is 2.37. The van der Waals surface area contributed by atoms with Gasteiger partial charge in [0.1, 0.15) is 0 Å². The summed E-state index contributed by atoms with van der Waals surface area (Å²) in [5.41, 5.74) is 0. The number of rotatable bonds is 6. The zero-order valence-corrected chi connectivity index (χ0v) is 11.6. The average molecular weight is 240 g/mol. The maximum absolute atomic E-state index is 5.46. The van der Waals surface area contributed by atoms with Gasteiger partial charge in [-0.15, -0.1) is 0 Å². The highest BCUT2D eigenvalue weighted by atomic mass is 16.5. The van der Waals surface area contributed by atoms with Gasteiger partial charge in [-0.25, -0.2) is 0 Å². The lowest BCUT2D eigenvalue weighted by atomic mass is 10.0. The molecule has 1 aliphatic heterocycles. The van der Waals surface area contributed by atoms with Crippen LogP contribution >= 0.6 is 0 Å². The average Bonchev–Trinajstić information content (AvgIpc) is 3.19. The molecule has 3 unspecified atom stereocenters. The predicted octanol–water partition coefficient (Wildman–Crippen LogP) is 1.87. The Hall–Kier alpha value is -0.120. The van der Waals surface area contributed by atoms with Crippen molar-refractivity contribution in [3.05, 3.63) is 0 Å². The molecule has 1 N–H and O–H groups in total. The highest BCUT2D eigenvalue weighted by molar-refractivity contribution is 4.95. The smallest absolute Gasteiger partial charge is 0.0620 e. The van der Waals surface area contributed by atoms with Gasteiger partial charge >= 0.3 is 0 Å². The largest absolute Gasteiger partial charge is 0.383 e. The first-order valence-electron chi connectivity index (χ1n) is 7.28. The normalized spacial score (nSPS) is 32.6. The summed E-state index contributed by atoms with van der Waals surface area (Å²) in [7, 11) is 1.84. The zero-order valence-electron chi connectivity index (χ0n) is 11.6. The summed E-state index contributed by atoms with van der Waals surface area (Å²) in [6, 6.07) is 2.05. The standard InChI is InChI=1S/C14H28N2O/c1-4-12-9-16(13(5-2)8-15-12)14(10-17-3)11-6-7-11/h11-15H,4-10H2,1-3H3. The molecule has 0 aromatic rings. The van der Waals surface area contributed by atoms with E-state index in [1.165, 1.54) is 32.2 Å². The van der Waals surface area contributed by atoms with E-state index < -0.39 is 0 Å². The molecule has 17 heavy (non-hydrogen) atoms. The third kappa shape index (κ3) is 3.21. The van der Waals surface area contributed by atoms with Crippen molar-refractivity contribution in [1.82, 2.24) is 10.2 Å². The van der Waals surface area contributed by atoms with Crippen LogP contribution in [0.3, 0.4) is 0 Å². The van der Waals surface area contributed by atoms with Gasteiger partial charge in [0.25, 0.3) is 0 Å². The molecule has 1 aliphatic carbocycles. The molecular formula is C14H28N2O. The van der Waals surface area contributed by atoms with E-state index in [1.54, 1.807) is 0 Å². The molecular weight excluding hydrogens is 212 g/mol. The molecule has 3 heteroatoms. The van der Waals surface area contributed by atoms with Crippen molar-refractivity contribution in [3.63, 3.8) is 0 Å². The lowest BCUT2D eigenvalue weighted by Gasteiger charge is -2.44. The Bertz CT molecular complexity index is 230. The number of piperazine rings is 1. The van der Waals surface area contributed by atoms with Crippen LogP contribution in [0.4, 0.5) is 0 Å². The van der Waals surface area contributed by atoms with Crippen LogP contribution in [0, 0.1) is 5.92 Å². The Morgan fingerprint density at radius 1 is 1.29 bits per heavy atom. The van der Waals surface area contributed by atoms with Crippen LogP contribution in [0.2, 0.25) is 0 Å². The topological polar surface area (TPSA) is 24.5 Å². The SMILES string of the molecule is CCC1CN(C(COC)C2CC2)C(CC)CN1. The van der Waals surface area contributed by atoms with Crippen LogP contribution in [0.15, 0.2) is 0 Å². The Morgan fingerprint density at radius 2 is 2.06 bits per heavy atom. The first kappa shape index (κ1) is 13.3. The molecule has 2 rings (SSSR count). The molecule has 1 heterocycles. The minimum Gasteiger partial charge on any atom is -0.383 e. The summed E-state index contributed by atoms with van der Waals surface area (Å²) >= 11 is 0. The van der Waals surface area contributed by atoms with E-state index in [9.17, 15) is 0 Å². The predicted molar refractivity (Wildman–Crippen MR) is 71.3 cm³/mol. The zero-order chi connectivity index (χ0) is 12.3. The van der Waals surface area contributed by atoms with Crippen molar-refractivity contribution >= 4 is 0 Å². The molecule has 0 amide bonds. The van der Waals surface area contributed by atoms with E-state index >= 15 is 0 Å². The number of methoxy groups -OCH3 is 1. The van der Waals surface area contributed by atoms with Gasteiger partial charge in [-0.05, 0) is 31.6 Å². The summed E-state index contributed by atoms with van der Waals surface area (Å²) in [4.78, 5) is 2.74. The summed E-state index contributed by atoms with van der Waals surface area (Å²) in [5, 5.41) is 3.67. The minimum atomic E-state index is 0.668. The lowest BCUT2D eigenvalue weighted by Crippen LogP contribution is -2.60. The summed E-state index contributed by atoms with van der Waals surface area (Å²) in [5.74, 6) is 0.902. The number of nitrogens with zero attached hydrogens (tertiary/aromatic N) is 1. The van der Waals surface area contributed by atoms with E-state index in [4.69, 9.17) is 4.74 Å². The van der Waals surface area contributed by atoms with Gasteiger partial charge in [-0.3, -0.25) is 4.90 Å². The van der Waals surface area contributed by atoms with Crippen molar-refractivity contribution in [1.29, 1.82) is 0 Å². The van der Waals surface area contributed by atoms with E-state index in [1.807, 2.05) is 7.11 Å². The van der Waals surface area contributed by atoms with Gasteiger partial charge < -0.3 is 10.1 Å². The van der Waals surface area contributed by atoms with Crippen LogP contribution in [-0.2, 0) is 4.74 Å². The van der Waals surface area contributed by atoms with Crippen molar-refractivity contribution in [2.45, 2.75) is 57.7 Å². The molecule has 0 aromatic heterocycles. The van der Waals surface area contributed by atoms with Crippen molar-refractivity contribution in [2.75, 3.05) is 26.8 Å². The van der Waals surface area contributed by atoms with E-state index in [0.717, 1.165) is 19.1 Å². The molecule has 0 spiro atoms. The van der Waals surface area contributed by atoms with Crippen LogP contribution in [-0.4, -0.2) is 49.8 Å². The molecule has 3 atom stereocenters. The molecule has 3 nitrogen and oxygen atoms in total. The fourth-order valence-corrected chi connectivity index (χ4v) is 3.10. The quantitative estimate of drug-likeness (QED) is 0.767. The van der Waals surface area contributed by atoms with Gasteiger partial charge in [-0.1, -0.05) is 13.8 Å². The Labute approximate surface area is 106 Å². The van der Waals surface area contributed by atoms with Gasteiger partial charge in [0.2, 0.25) is 0 Å². The Kier molecular flexibility index (Phi) is 4.83. The van der Waals surface area contributed by atoms with E-state index in [0.29, 0.717) is 18.1 Å². The van der Waals surface area contributed by atoms with Gasteiger partial charge in [-0.2, -0.15) is 0 Å². The second-order valence-electron chi connectivity index (χ2n) is 5.63. The summed E-state index contributed by atoms with van der Waals surface area (Å²) < 4.78 is 5.46. The molecule has 1 saturated heterocycles. The highest BCUT2D eigenvalue weighted by Gasteiger charge is 2.39. The first-order chi connectivity index (χ1) is 8.30. The van der Waals surface area contributed by atoms with Crippen molar-refractivity contribution in [3.8, 4) is 0 Å². The van der Waals surface area contributed by atoms with Crippen LogP contribution in [0.25, 0.3) is 0 Å². The lowest BCUT2D eigenvalue weighted by molar-refractivity contribution is 0.0211. The van der Waals surface area contributed by atoms with E-state index in [-0.39, 0.29) is 0 Å². The molecule has 2 aliphatic rings. The fraction of sp³-hybridized carbons (Fsp3) is 1.00. The third-order valence-corrected chi connectivity index (χ3v) is 4.44. The molecule has 0 radical (unpaired) electrons. The Balaban J connectivity index is 2.01. The van der Waals surface area contributed by atoms with Crippen LogP contribution in [0.5, 0.6) is 0 Å².